The van der Waals surface area contributed by atoms with Gasteiger partial charge < -0.3 is 24.2 Å². The zero-order valence-electron chi connectivity index (χ0n) is 25.8. The maximum atomic E-state index is 13.8. The minimum atomic E-state index is -3.86. The number of aliphatic carboxylic acids is 1. The summed E-state index contributed by atoms with van der Waals surface area (Å²) in [5.74, 6) is -0.103. The maximum Gasteiger partial charge on any atom is 0.309 e. The van der Waals surface area contributed by atoms with E-state index in [1.165, 1.54) is 4.31 Å². The van der Waals surface area contributed by atoms with Crippen LogP contribution in [0.5, 0.6) is 5.75 Å². The number of carboxylic acids is 1. The van der Waals surface area contributed by atoms with Gasteiger partial charge >= 0.3 is 5.97 Å². The van der Waals surface area contributed by atoms with Gasteiger partial charge in [-0.15, -0.1) is 0 Å². The van der Waals surface area contributed by atoms with Gasteiger partial charge in [-0.25, -0.2) is 8.42 Å². The third kappa shape index (κ3) is 7.64. The molecule has 0 spiro atoms. The summed E-state index contributed by atoms with van der Waals surface area (Å²) in [6.07, 6.45) is 1.97. The van der Waals surface area contributed by atoms with Crippen LogP contribution in [0.1, 0.15) is 64.5 Å². The molecule has 2 heterocycles. The normalized spacial score (nSPS) is 21.0. The first-order valence-electron chi connectivity index (χ1n) is 14.7. The number of methoxy groups -OCH3 is 1. The standard InChI is InChI=1S/C32H46N2O7S/c1-23-8-13-27(14-9-23)42(37,38)34-20-26(12-11-25(34)19-31(2,3)30(35)36)40-21-24-10-15-29-28(18-24)33(16-7-17-39-6)22-32(4,5)41-29/h8-10,13-15,18,25-26H,7,11-12,16-17,19-22H2,1-6H3,(H,35,36)/t25-,26+/m0/s1. The van der Waals surface area contributed by atoms with Crippen LogP contribution in [-0.4, -0.2) is 74.9 Å². The lowest BCUT2D eigenvalue weighted by Gasteiger charge is -2.41. The Morgan fingerprint density at radius 1 is 1.14 bits per heavy atom. The fourth-order valence-corrected chi connectivity index (χ4v) is 7.48. The zero-order valence-corrected chi connectivity index (χ0v) is 26.6. The summed E-state index contributed by atoms with van der Waals surface area (Å²) >= 11 is 0. The molecule has 1 saturated heterocycles. The molecule has 0 unspecified atom stereocenters. The van der Waals surface area contributed by atoms with E-state index < -0.39 is 27.4 Å². The monoisotopic (exact) mass is 602 g/mol. The van der Waals surface area contributed by atoms with Gasteiger partial charge in [0, 0.05) is 32.8 Å². The molecular weight excluding hydrogens is 556 g/mol. The van der Waals surface area contributed by atoms with E-state index in [2.05, 4.69) is 24.8 Å². The van der Waals surface area contributed by atoms with Crippen LogP contribution in [0.25, 0.3) is 0 Å². The summed E-state index contributed by atoms with van der Waals surface area (Å²) in [6, 6.07) is 12.4. The van der Waals surface area contributed by atoms with Crippen molar-refractivity contribution >= 4 is 21.7 Å². The molecule has 4 rings (SSSR count). The Hall–Kier alpha value is -2.66. The van der Waals surface area contributed by atoms with Crippen LogP contribution in [0, 0.1) is 12.3 Å². The van der Waals surface area contributed by atoms with Crippen LogP contribution in [0.4, 0.5) is 5.69 Å². The smallest absolute Gasteiger partial charge is 0.309 e. The molecule has 2 aliphatic heterocycles. The molecule has 0 saturated carbocycles. The Bertz CT molecular complexity index is 1340. The lowest BCUT2D eigenvalue weighted by atomic mass is 9.83. The van der Waals surface area contributed by atoms with Crippen molar-refractivity contribution in [3.63, 3.8) is 0 Å². The van der Waals surface area contributed by atoms with Crippen molar-refractivity contribution in [2.24, 2.45) is 5.41 Å². The summed E-state index contributed by atoms with van der Waals surface area (Å²) < 4.78 is 47.0. The van der Waals surface area contributed by atoms with Crippen molar-refractivity contribution < 1.29 is 32.5 Å². The lowest BCUT2D eigenvalue weighted by Crippen LogP contribution is -2.51. The van der Waals surface area contributed by atoms with Gasteiger partial charge in [-0.05, 0) is 90.1 Å². The number of anilines is 1. The van der Waals surface area contributed by atoms with Crippen LogP contribution >= 0.6 is 0 Å². The number of benzene rings is 2. The molecule has 1 fully saturated rings. The quantitative estimate of drug-likeness (QED) is 0.329. The second-order valence-electron chi connectivity index (χ2n) is 12.9. The average molecular weight is 603 g/mol. The number of nitrogens with zero attached hydrogens (tertiary/aromatic N) is 2. The molecule has 9 nitrogen and oxygen atoms in total. The highest BCUT2D eigenvalue weighted by Gasteiger charge is 2.42. The van der Waals surface area contributed by atoms with Crippen molar-refractivity contribution in [2.75, 3.05) is 38.3 Å². The highest BCUT2D eigenvalue weighted by atomic mass is 32.2. The second kappa shape index (κ2) is 12.9. The van der Waals surface area contributed by atoms with Crippen molar-refractivity contribution in [2.45, 2.75) is 89.6 Å². The number of piperidine rings is 1. The zero-order chi connectivity index (χ0) is 30.7. The number of aryl methyl sites for hydroxylation is 1. The first kappa shape index (κ1) is 32.3. The summed E-state index contributed by atoms with van der Waals surface area (Å²) in [7, 11) is -2.15. The van der Waals surface area contributed by atoms with Crippen molar-refractivity contribution in [3.8, 4) is 5.75 Å². The molecule has 1 N–H and O–H groups in total. The van der Waals surface area contributed by atoms with Gasteiger partial charge in [0.25, 0.3) is 0 Å². The van der Waals surface area contributed by atoms with Gasteiger partial charge in [-0.1, -0.05) is 23.8 Å². The highest BCUT2D eigenvalue weighted by Crippen LogP contribution is 2.39. The molecule has 0 radical (unpaired) electrons. The number of carboxylic acid groups (broad SMARTS) is 1. The van der Waals surface area contributed by atoms with E-state index in [0.717, 1.165) is 42.1 Å². The average Bonchev–Trinajstić information content (AvgIpc) is 2.92. The van der Waals surface area contributed by atoms with E-state index >= 15 is 0 Å². The Morgan fingerprint density at radius 2 is 1.86 bits per heavy atom. The molecule has 0 bridgehead atoms. The van der Waals surface area contributed by atoms with Crippen LogP contribution in [-0.2, 0) is 30.9 Å². The fourth-order valence-electron chi connectivity index (χ4n) is 5.79. The third-order valence-electron chi connectivity index (χ3n) is 8.15. The highest BCUT2D eigenvalue weighted by molar-refractivity contribution is 7.89. The number of hydrogen-bond donors (Lipinski definition) is 1. The largest absolute Gasteiger partial charge is 0.484 e. The van der Waals surface area contributed by atoms with Gasteiger partial charge in [0.15, 0.2) is 0 Å². The van der Waals surface area contributed by atoms with Gasteiger partial charge in [-0.2, -0.15) is 4.31 Å². The third-order valence-corrected chi connectivity index (χ3v) is 10.1. The van der Waals surface area contributed by atoms with E-state index in [1.54, 1.807) is 45.2 Å². The topological polar surface area (TPSA) is 106 Å². The fraction of sp³-hybridized carbons (Fsp3) is 0.594. The summed E-state index contributed by atoms with van der Waals surface area (Å²) in [6.45, 7) is 12.2. The number of fused-ring (bicyclic) bond motifs is 1. The van der Waals surface area contributed by atoms with Crippen molar-refractivity contribution in [1.29, 1.82) is 0 Å². The van der Waals surface area contributed by atoms with Crippen molar-refractivity contribution in [1.82, 2.24) is 4.31 Å². The van der Waals surface area contributed by atoms with Crippen LogP contribution in [0.3, 0.4) is 0 Å². The molecule has 2 aliphatic rings. The van der Waals surface area contributed by atoms with Gasteiger partial charge in [0.1, 0.15) is 11.4 Å². The first-order valence-corrected chi connectivity index (χ1v) is 16.2. The van der Waals surface area contributed by atoms with E-state index in [0.29, 0.717) is 26.1 Å². The number of sulfonamides is 1. The number of ether oxygens (including phenoxy) is 3. The summed E-state index contributed by atoms with van der Waals surface area (Å²) in [5.41, 5.74) is 1.60. The Balaban J connectivity index is 1.51. The first-order chi connectivity index (χ1) is 19.7. The molecule has 2 aromatic rings. The number of rotatable bonds is 12. The predicted molar refractivity (Wildman–Crippen MR) is 163 cm³/mol. The molecule has 10 heteroatoms. The van der Waals surface area contributed by atoms with Gasteiger partial charge in [-0.3, -0.25) is 4.79 Å². The molecule has 232 valence electrons. The summed E-state index contributed by atoms with van der Waals surface area (Å²) in [4.78, 5) is 14.4. The lowest BCUT2D eigenvalue weighted by molar-refractivity contribution is -0.148. The maximum absolute atomic E-state index is 13.8. The van der Waals surface area contributed by atoms with E-state index in [4.69, 9.17) is 14.2 Å². The predicted octanol–water partition coefficient (Wildman–Crippen LogP) is 5.25. The second-order valence-corrected chi connectivity index (χ2v) is 14.8. The van der Waals surface area contributed by atoms with E-state index in [9.17, 15) is 18.3 Å². The molecule has 0 aromatic heterocycles. The van der Waals surface area contributed by atoms with E-state index in [1.807, 2.05) is 19.1 Å². The van der Waals surface area contributed by atoms with Crippen LogP contribution in [0.2, 0.25) is 0 Å². The molecular formula is C32H46N2O7S. The Labute approximate surface area is 250 Å². The Morgan fingerprint density at radius 3 is 2.52 bits per heavy atom. The van der Waals surface area contributed by atoms with Gasteiger partial charge in [0.2, 0.25) is 10.0 Å². The SMILES string of the molecule is COCCCN1CC(C)(C)Oc2ccc(CO[C@@H]3CC[C@@H](CC(C)(C)C(=O)O)N(S(=O)(=O)c4ccc(C)cc4)C3)cc21. The molecule has 0 amide bonds. The number of hydrogen-bond acceptors (Lipinski definition) is 7. The Kier molecular flexibility index (Phi) is 9.92. The minimum Gasteiger partial charge on any atom is -0.484 e. The van der Waals surface area contributed by atoms with Crippen molar-refractivity contribution in [3.05, 3.63) is 53.6 Å². The molecule has 2 atom stereocenters. The minimum absolute atomic E-state index is 0.169. The molecule has 42 heavy (non-hydrogen) atoms. The molecule has 2 aromatic carbocycles. The molecule has 0 aliphatic carbocycles. The van der Waals surface area contributed by atoms with Gasteiger partial charge in [0.05, 0.1) is 35.3 Å². The van der Waals surface area contributed by atoms with Crippen LogP contribution < -0.4 is 9.64 Å². The summed E-state index contributed by atoms with van der Waals surface area (Å²) in [5, 5.41) is 9.75. The van der Waals surface area contributed by atoms with Crippen LogP contribution in [0.15, 0.2) is 47.4 Å². The number of carbonyl (C=O) groups is 1. The van der Waals surface area contributed by atoms with E-state index in [-0.39, 0.29) is 29.6 Å².